The van der Waals surface area contributed by atoms with Crippen LogP contribution in [0.25, 0.3) is 0 Å². The summed E-state index contributed by atoms with van der Waals surface area (Å²) in [6, 6.07) is 2.33. The fourth-order valence-corrected chi connectivity index (χ4v) is 2.61. The monoisotopic (exact) mass is 287 g/mol. The van der Waals surface area contributed by atoms with Crippen LogP contribution in [0.5, 0.6) is 0 Å². The molecule has 114 valence electrons. The van der Waals surface area contributed by atoms with Crippen LogP contribution < -0.4 is 5.32 Å². The highest BCUT2D eigenvalue weighted by molar-refractivity contribution is 5.38. The summed E-state index contributed by atoms with van der Waals surface area (Å²) in [5.41, 5.74) is 4.73. The van der Waals surface area contributed by atoms with Crippen molar-refractivity contribution in [1.29, 1.82) is 0 Å². The molecule has 0 saturated heterocycles. The zero-order valence-electron chi connectivity index (χ0n) is 13.9. The first-order valence-corrected chi connectivity index (χ1v) is 7.50. The van der Waals surface area contributed by atoms with Gasteiger partial charge in [-0.25, -0.2) is 9.97 Å². The summed E-state index contributed by atoms with van der Waals surface area (Å²) in [7, 11) is 1.99. The Morgan fingerprint density at radius 3 is 2.52 bits per heavy atom. The van der Waals surface area contributed by atoms with Gasteiger partial charge in [-0.05, 0) is 46.1 Å². The summed E-state index contributed by atoms with van der Waals surface area (Å²) in [6.07, 6.45) is 1.86. The topological polar surface area (TPSA) is 55.6 Å². The van der Waals surface area contributed by atoms with Crippen LogP contribution in [0.15, 0.2) is 6.07 Å². The second-order valence-electron chi connectivity index (χ2n) is 5.67. The molecular formula is C16H25N5. The summed E-state index contributed by atoms with van der Waals surface area (Å²) >= 11 is 0. The lowest BCUT2D eigenvalue weighted by molar-refractivity contribution is 0.726. The lowest BCUT2D eigenvalue weighted by Gasteiger charge is -2.15. The molecule has 0 amide bonds. The average Bonchev–Trinajstić information content (AvgIpc) is 2.64. The predicted octanol–water partition coefficient (Wildman–Crippen LogP) is 2.74. The maximum absolute atomic E-state index is 4.48. The highest BCUT2D eigenvalue weighted by Crippen LogP contribution is 2.16. The highest BCUT2D eigenvalue weighted by Gasteiger charge is 2.13. The molecule has 0 aromatic carbocycles. The molecule has 0 saturated carbocycles. The van der Waals surface area contributed by atoms with Crippen LogP contribution >= 0.6 is 0 Å². The summed E-state index contributed by atoms with van der Waals surface area (Å²) < 4.78 is 1.95. The third-order valence-corrected chi connectivity index (χ3v) is 3.82. The van der Waals surface area contributed by atoms with Crippen molar-refractivity contribution in [3.8, 4) is 0 Å². The van der Waals surface area contributed by atoms with Crippen LogP contribution in [0.3, 0.4) is 0 Å². The van der Waals surface area contributed by atoms with Gasteiger partial charge in [-0.3, -0.25) is 4.68 Å². The van der Waals surface area contributed by atoms with Crippen molar-refractivity contribution >= 4 is 5.82 Å². The fourth-order valence-electron chi connectivity index (χ4n) is 2.61. The molecule has 2 aromatic rings. The number of anilines is 1. The molecule has 5 heteroatoms. The van der Waals surface area contributed by atoms with Crippen molar-refractivity contribution in [1.82, 2.24) is 19.7 Å². The van der Waals surface area contributed by atoms with Crippen molar-refractivity contribution < 1.29 is 0 Å². The van der Waals surface area contributed by atoms with Crippen LogP contribution in [0.2, 0.25) is 0 Å². The van der Waals surface area contributed by atoms with Gasteiger partial charge < -0.3 is 5.32 Å². The Hall–Kier alpha value is -1.91. The first-order chi connectivity index (χ1) is 9.90. The molecule has 5 nitrogen and oxygen atoms in total. The van der Waals surface area contributed by atoms with E-state index >= 15 is 0 Å². The number of aromatic nitrogens is 4. The van der Waals surface area contributed by atoms with Gasteiger partial charge in [0, 0.05) is 30.5 Å². The van der Waals surface area contributed by atoms with Gasteiger partial charge in [0.25, 0.3) is 0 Å². The Morgan fingerprint density at radius 1 is 1.24 bits per heavy atom. The van der Waals surface area contributed by atoms with E-state index in [1.807, 2.05) is 24.7 Å². The molecule has 1 N–H and O–H groups in total. The van der Waals surface area contributed by atoms with Crippen molar-refractivity contribution in [3.63, 3.8) is 0 Å². The second-order valence-corrected chi connectivity index (χ2v) is 5.67. The van der Waals surface area contributed by atoms with E-state index in [9.17, 15) is 0 Å². The standard InChI is InChI=1S/C16H25N5/c1-7-14-9-16(19-13(5)18-14)17-10(2)8-15-11(3)20-21(6)12(15)4/h9-10H,7-8H2,1-6H3,(H,17,18,19). The zero-order chi connectivity index (χ0) is 15.6. The molecule has 0 aliphatic rings. The third-order valence-electron chi connectivity index (χ3n) is 3.82. The minimum Gasteiger partial charge on any atom is -0.367 e. The normalized spacial score (nSPS) is 12.5. The van der Waals surface area contributed by atoms with Crippen molar-refractivity contribution in [2.24, 2.45) is 7.05 Å². The first-order valence-electron chi connectivity index (χ1n) is 7.50. The van der Waals surface area contributed by atoms with E-state index in [1.54, 1.807) is 0 Å². The third kappa shape index (κ3) is 3.60. The summed E-state index contributed by atoms with van der Waals surface area (Å²) in [6.45, 7) is 10.4. The lowest BCUT2D eigenvalue weighted by atomic mass is 10.1. The van der Waals surface area contributed by atoms with Crippen LogP contribution in [-0.2, 0) is 19.9 Å². The summed E-state index contributed by atoms with van der Waals surface area (Å²) in [5.74, 6) is 1.73. The van der Waals surface area contributed by atoms with Gasteiger partial charge in [0.05, 0.1) is 5.69 Å². The Kier molecular flexibility index (Phi) is 4.60. The largest absolute Gasteiger partial charge is 0.367 e. The van der Waals surface area contributed by atoms with Gasteiger partial charge in [-0.15, -0.1) is 0 Å². The Morgan fingerprint density at radius 2 is 1.95 bits per heavy atom. The van der Waals surface area contributed by atoms with Crippen LogP contribution in [0.1, 0.15) is 42.3 Å². The number of aryl methyl sites for hydroxylation is 4. The number of nitrogens with zero attached hydrogens (tertiary/aromatic N) is 4. The number of hydrogen-bond donors (Lipinski definition) is 1. The maximum atomic E-state index is 4.48. The average molecular weight is 287 g/mol. The molecule has 2 heterocycles. The van der Waals surface area contributed by atoms with E-state index in [0.717, 1.165) is 35.9 Å². The molecule has 2 rings (SSSR count). The molecule has 1 unspecified atom stereocenters. The van der Waals surface area contributed by atoms with E-state index in [0.29, 0.717) is 6.04 Å². The molecule has 0 fully saturated rings. The number of hydrogen-bond acceptors (Lipinski definition) is 4. The molecule has 0 spiro atoms. The predicted molar refractivity (Wildman–Crippen MR) is 85.6 cm³/mol. The van der Waals surface area contributed by atoms with Gasteiger partial charge in [-0.2, -0.15) is 5.10 Å². The van der Waals surface area contributed by atoms with E-state index in [1.165, 1.54) is 11.3 Å². The van der Waals surface area contributed by atoms with E-state index in [4.69, 9.17) is 0 Å². The minimum absolute atomic E-state index is 0.297. The molecule has 21 heavy (non-hydrogen) atoms. The molecule has 0 aliphatic carbocycles. The molecule has 2 aromatic heterocycles. The number of rotatable bonds is 5. The molecule has 0 aliphatic heterocycles. The van der Waals surface area contributed by atoms with E-state index in [-0.39, 0.29) is 0 Å². The van der Waals surface area contributed by atoms with Gasteiger partial charge >= 0.3 is 0 Å². The summed E-state index contributed by atoms with van der Waals surface area (Å²) in [4.78, 5) is 8.88. The Bertz CT molecular complexity index is 630. The van der Waals surface area contributed by atoms with E-state index in [2.05, 4.69) is 48.1 Å². The van der Waals surface area contributed by atoms with Gasteiger partial charge in [-0.1, -0.05) is 6.92 Å². The molecular weight excluding hydrogens is 262 g/mol. The quantitative estimate of drug-likeness (QED) is 0.918. The SMILES string of the molecule is CCc1cc(NC(C)Cc2c(C)nn(C)c2C)nc(C)n1. The van der Waals surface area contributed by atoms with E-state index < -0.39 is 0 Å². The fraction of sp³-hybridized carbons (Fsp3) is 0.562. The molecule has 1 atom stereocenters. The molecule has 0 bridgehead atoms. The summed E-state index contributed by atoms with van der Waals surface area (Å²) in [5, 5.41) is 7.96. The van der Waals surface area contributed by atoms with Gasteiger partial charge in [0.1, 0.15) is 11.6 Å². The van der Waals surface area contributed by atoms with Crippen molar-refractivity contribution in [2.45, 2.75) is 53.5 Å². The Balaban J connectivity index is 2.11. The lowest BCUT2D eigenvalue weighted by Crippen LogP contribution is -2.20. The Labute approximate surface area is 126 Å². The maximum Gasteiger partial charge on any atom is 0.130 e. The van der Waals surface area contributed by atoms with Crippen LogP contribution in [0.4, 0.5) is 5.82 Å². The van der Waals surface area contributed by atoms with Crippen molar-refractivity contribution in [3.05, 3.63) is 34.5 Å². The van der Waals surface area contributed by atoms with Crippen LogP contribution in [-0.4, -0.2) is 25.8 Å². The highest BCUT2D eigenvalue weighted by atomic mass is 15.3. The smallest absolute Gasteiger partial charge is 0.130 e. The van der Waals surface area contributed by atoms with Crippen molar-refractivity contribution in [2.75, 3.05) is 5.32 Å². The van der Waals surface area contributed by atoms with Gasteiger partial charge in [0.15, 0.2) is 0 Å². The molecule has 0 radical (unpaired) electrons. The second kappa shape index (κ2) is 6.24. The minimum atomic E-state index is 0.297. The number of nitrogens with one attached hydrogen (secondary N) is 1. The zero-order valence-corrected chi connectivity index (χ0v) is 13.9. The first kappa shape index (κ1) is 15.5. The van der Waals surface area contributed by atoms with Crippen LogP contribution in [0, 0.1) is 20.8 Å². The van der Waals surface area contributed by atoms with Gasteiger partial charge in [0.2, 0.25) is 0 Å².